The number of rotatable bonds is 5. The predicted molar refractivity (Wildman–Crippen MR) is 85.8 cm³/mol. The van der Waals surface area contributed by atoms with Gasteiger partial charge in [-0.05, 0) is 18.6 Å². The van der Waals surface area contributed by atoms with Crippen LogP contribution in [0.15, 0.2) is 24.3 Å². The largest absolute Gasteiger partial charge is 0.491 e. The number of nitrogens with zero attached hydrogens (tertiary/aromatic N) is 1. The van der Waals surface area contributed by atoms with Gasteiger partial charge < -0.3 is 9.64 Å². The number of amides is 1. The van der Waals surface area contributed by atoms with Crippen molar-refractivity contribution in [2.24, 2.45) is 0 Å². The molecule has 20 heavy (non-hydrogen) atoms. The summed E-state index contributed by atoms with van der Waals surface area (Å²) in [7, 11) is 1.83. The first-order valence-electron chi connectivity index (χ1n) is 6.43. The molecule has 1 aromatic rings. The van der Waals surface area contributed by atoms with Gasteiger partial charge in [0.05, 0.1) is 12.6 Å². The minimum absolute atomic E-state index is 0. The van der Waals surface area contributed by atoms with E-state index in [-0.39, 0.29) is 24.4 Å². The van der Waals surface area contributed by atoms with Gasteiger partial charge in [-0.3, -0.25) is 10.1 Å². The van der Waals surface area contributed by atoms with Crippen LogP contribution in [0.3, 0.4) is 0 Å². The number of halogens is 1. The molecule has 1 aliphatic rings. The van der Waals surface area contributed by atoms with E-state index in [1.54, 1.807) is 16.7 Å². The molecule has 4 nitrogen and oxygen atoms in total. The Hall–Kier alpha value is -0.910. The van der Waals surface area contributed by atoms with Gasteiger partial charge in [-0.1, -0.05) is 18.2 Å². The molecule has 1 aromatic carbocycles. The van der Waals surface area contributed by atoms with E-state index in [0.717, 1.165) is 22.9 Å². The first-order valence-corrected chi connectivity index (χ1v) is 7.58. The number of hydrogen-bond donors (Lipinski definition) is 1. The maximum atomic E-state index is 12.0. The fourth-order valence-corrected chi connectivity index (χ4v) is 2.87. The quantitative estimate of drug-likeness (QED) is 0.901. The second kappa shape index (κ2) is 8.39. The Morgan fingerprint density at radius 1 is 1.50 bits per heavy atom. The summed E-state index contributed by atoms with van der Waals surface area (Å²) in [5.74, 6) is 2.77. The summed E-state index contributed by atoms with van der Waals surface area (Å²) in [6.45, 7) is 3.15. The summed E-state index contributed by atoms with van der Waals surface area (Å²) in [5.41, 5.74) is 1.12. The number of ether oxygens (including phenoxy) is 1. The van der Waals surface area contributed by atoms with Gasteiger partial charge in [0.1, 0.15) is 12.4 Å². The fraction of sp³-hybridized carbons (Fsp3) is 0.500. The Bertz CT molecular complexity index is 439. The van der Waals surface area contributed by atoms with Crippen molar-refractivity contribution < 1.29 is 9.53 Å². The van der Waals surface area contributed by atoms with Crippen LogP contribution in [0, 0.1) is 6.92 Å². The van der Waals surface area contributed by atoms with Crippen molar-refractivity contribution in [2.45, 2.75) is 13.0 Å². The Morgan fingerprint density at radius 3 is 2.90 bits per heavy atom. The molecule has 0 aliphatic carbocycles. The van der Waals surface area contributed by atoms with Crippen LogP contribution in [0.5, 0.6) is 5.75 Å². The summed E-state index contributed by atoms with van der Waals surface area (Å²) < 4.78 is 5.70. The van der Waals surface area contributed by atoms with Gasteiger partial charge in [0.25, 0.3) is 0 Å². The van der Waals surface area contributed by atoms with Crippen LogP contribution in [-0.4, -0.2) is 48.7 Å². The number of carbonyl (C=O) groups excluding carboxylic acids is 1. The van der Waals surface area contributed by atoms with Crippen molar-refractivity contribution in [3.63, 3.8) is 0 Å². The molecule has 0 radical (unpaired) electrons. The molecule has 2 rings (SSSR count). The van der Waals surface area contributed by atoms with E-state index in [4.69, 9.17) is 4.74 Å². The maximum absolute atomic E-state index is 12.0. The third-order valence-corrected chi connectivity index (χ3v) is 4.11. The van der Waals surface area contributed by atoms with Crippen LogP contribution in [0.25, 0.3) is 0 Å². The van der Waals surface area contributed by atoms with Gasteiger partial charge in [-0.15, -0.1) is 24.2 Å². The van der Waals surface area contributed by atoms with Crippen LogP contribution < -0.4 is 10.1 Å². The Labute approximate surface area is 130 Å². The molecule has 1 saturated heterocycles. The van der Waals surface area contributed by atoms with E-state index in [0.29, 0.717) is 13.2 Å². The normalized spacial score (nSPS) is 17.4. The van der Waals surface area contributed by atoms with Crippen LogP contribution in [0.1, 0.15) is 5.56 Å². The fourth-order valence-electron chi connectivity index (χ4n) is 1.94. The third-order valence-electron chi connectivity index (χ3n) is 3.17. The van der Waals surface area contributed by atoms with Crippen LogP contribution >= 0.6 is 24.2 Å². The van der Waals surface area contributed by atoms with E-state index in [9.17, 15) is 4.79 Å². The lowest BCUT2D eigenvalue weighted by atomic mass is 10.2. The number of aryl methyl sites for hydroxylation is 1. The number of hydrogen-bond acceptors (Lipinski definition) is 4. The van der Waals surface area contributed by atoms with E-state index in [1.807, 2.05) is 38.2 Å². The highest BCUT2D eigenvalue weighted by atomic mass is 35.5. The van der Waals surface area contributed by atoms with Crippen molar-refractivity contribution in [1.82, 2.24) is 10.2 Å². The molecule has 1 aliphatic heterocycles. The van der Waals surface area contributed by atoms with Crippen LogP contribution in [0.4, 0.5) is 0 Å². The topological polar surface area (TPSA) is 41.6 Å². The van der Waals surface area contributed by atoms with Crippen molar-refractivity contribution in [3.8, 4) is 5.75 Å². The molecule has 1 amide bonds. The average molecular weight is 317 g/mol. The average Bonchev–Trinajstić information content (AvgIpc) is 2.94. The minimum Gasteiger partial charge on any atom is -0.491 e. The highest BCUT2D eigenvalue weighted by Crippen LogP contribution is 2.16. The van der Waals surface area contributed by atoms with Gasteiger partial charge in [-0.2, -0.15) is 0 Å². The zero-order valence-corrected chi connectivity index (χ0v) is 13.4. The van der Waals surface area contributed by atoms with Crippen LogP contribution in [-0.2, 0) is 4.79 Å². The van der Waals surface area contributed by atoms with E-state index < -0.39 is 0 Å². The molecular formula is C14H21ClN2O2S. The third kappa shape index (κ3) is 4.58. The Kier molecular flexibility index (Phi) is 7.19. The number of thioether (sulfide) groups is 1. The molecule has 112 valence electrons. The Balaban J connectivity index is 0.00000200. The zero-order valence-electron chi connectivity index (χ0n) is 11.8. The molecule has 1 fully saturated rings. The second-order valence-corrected chi connectivity index (χ2v) is 5.68. The lowest BCUT2D eigenvalue weighted by Gasteiger charge is -2.21. The van der Waals surface area contributed by atoms with Gasteiger partial charge in [-0.25, -0.2) is 0 Å². The highest BCUT2D eigenvalue weighted by Gasteiger charge is 2.25. The lowest BCUT2D eigenvalue weighted by Crippen LogP contribution is -2.44. The first-order chi connectivity index (χ1) is 9.18. The smallest absolute Gasteiger partial charge is 0.240 e. The standard InChI is InChI=1S/C14H20N2O2S.ClH/c1-11-5-3-4-6-13(11)18-8-7-16(2)14(17)12-9-19-10-15-12;/h3-6,12,15H,7-10H2,1-2H3;1H/t12-;/m1./s1. The van der Waals surface area contributed by atoms with E-state index in [1.165, 1.54) is 0 Å². The molecule has 0 aromatic heterocycles. The molecule has 0 bridgehead atoms. The van der Waals surface area contributed by atoms with E-state index >= 15 is 0 Å². The van der Waals surface area contributed by atoms with Crippen molar-refractivity contribution in [1.29, 1.82) is 0 Å². The zero-order chi connectivity index (χ0) is 13.7. The lowest BCUT2D eigenvalue weighted by molar-refractivity contribution is -0.131. The molecular weight excluding hydrogens is 296 g/mol. The van der Waals surface area contributed by atoms with E-state index in [2.05, 4.69) is 5.32 Å². The predicted octanol–water partition coefficient (Wildman–Crippen LogP) is 1.92. The molecule has 1 N–H and O–H groups in total. The van der Waals surface area contributed by atoms with Gasteiger partial charge >= 0.3 is 0 Å². The van der Waals surface area contributed by atoms with Crippen molar-refractivity contribution >= 4 is 30.1 Å². The number of likely N-dealkylation sites (N-methyl/N-ethyl adjacent to an activating group) is 1. The summed E-state index contributed by atoms with van der Waals surface area (Å²) >= 11 is 1.76. The van der Waals surface area contributed by atoms with Gasteiger partial charge in [0.15, 0.2) is 0 Å². The Morgan fingerprint density at radius 2 is 2.25 bits per heavy atom. The molecule has 0 saturated carbocycles. The summed E-state index contributed by atoms with van der Waals surface area (Å²) in [6.07, 6.45) is 0. The van der Waals surface area contributed by atoms with Gasteiger partial charge in [0.2, 0.25) is 5.91 Å². The number of para-hydroxylation sites is 1. The summed E-state index contributed by atoms with van der Waals surface area (Å²) in [5, 5.41) is 3.19. The molecule has 0 spiro atoms. The first kappa shape index (κ1) is 17.1. The molecule has 0 unspecified atom stereocenters. The highest BCUT2D eigenvalue weighted by molar-refractivity contribution is 7.99. The van der Waals surface area contributed by atoms with Crippen LogP contribution in [0.2, 0.25) is 0 Å². The van der Waals surface area contributed by atoms with Crippen molar-refractivity contribution in [3.05, 3.63) is 29.8 Å². The minimum atomic E-state index is -0.0338. The second-order valence-electron chi connectivity index (χ2n) is 4.65. The molecule has 1 heterocycles. The van der Waals surface area contributed by atoms with Crippen molar-refractivity contribution in [2.75, 3.05) is 31.8 Å². The summed E-state index contributed by atoms with van der Waals surface area (Å²) in [4.78, 5) is 13.8. The molecule has 1 atom stereocenters. The molecule has 6 heteroatoms. The maximum Gasteiger partial charge on any atom is 0.240 e. The van der Waals surface area contributed by atoms with Gasteiger partial charge in [0, 0.05) is 18.7 Å². The number of nitrogens with one attached hydrogen (secondary N) is 1. The SMILES string of the molecule is Cc1ccccc1OCCN(C)C(=O)[C@H]1CSCN1.Cl. The number of carbonyl (C=O) groups is 1. The number of benzene rings is 1. The monoisotopic (exact) mass is 316 g/mol. The summed E-state index contributed by atoms with van der Waals surface area (Å²) in [6, 6.07) is 7.88.